The van der Waals surface area contributed by atoms with Crippen molar-refractivity contribution in [3.63, 3.8) is 0 Å². The summed E-state index contributed by atoms with van der Waals surface area (Å²) in [5.74, 6) is -0.0334. The summed E-state index contributed by atoms with van der Waals surface area (Å²) in [5, 5.41) is 2.13. The Morgan fingerprint density at radius 1 is 1.04 bits per heavy atom. The molecule has 0 N–H and O–H groups in total. The van der Waals surface area contributed by atoms with E-state index < -0.39 is 0 Å². The van der Waals surface area contributed by atoms with Gasteiger partial charge in [-0.2, -0.15) is 0 Å². The second-order valence-electron chi connectivity index (χ2n) is 7.17. The number of aromatic nitrogens is 2. The topological polar surface area (TPSA) is 54.7 Å². The number of hydrogen-bond acceptors (Lipinski definition) is 4. The number of hydrogen-bond donors (Lipinski definition) is 0. The minimum absolute atomic E-state index is 0.0506. The van der Waals surface area contributed by atoms with Crippen molar-refractivity contribution < 1.29 is 9.59 Å². The maximum atomic E-state index is 13.2. The molecular formula is C22H19N3O2S. The van der Waals surface area contributed by atoms with Crippen LogP contribution in [0.25, 0.3) is 15.7 Å². The van der Waals surface area contributed by atoms with E-state index in [0.717, 1.165) is 42.4 Å². The van der Waals surface area contributed by atoms with Crippen LogP contribution in [0.1, 0.15) is 44.3 Å². The Balaban J connectivity index is 1.56. The second kappa shape index (κ2) is 6.56. The molecule has 1 aliphatic heterocycles. The van der Waals surface area contributed by atoms with Crippen molar-refractivity contribution in [3.8, 4) is 0 Å². The van der Waals surface area contributed by atoms with Gasteiger partial charge in [0.1, 0.15) is 10.6 Å². The van der Waals surface area contributed by atoms with E-state index in [0.29, 0.717) is 21.1 Å². The van der Waals surface area contributed by atoms with Crippen molar-refractivity contribution in [1.29, 1.82) is 0 Å². The maximum absolute atomic E-state index is 13.2. The zero-order chi connectivity index (χ0) is 19.3. The van der Waals surface area contributed by atoms with Crippen LogP contribution in [-0.2, 0) is 0 Å². The lowest BCUT2D eigenvalue weighted by molar-refractivity contribution is 0.0796. The van der Waals surface area contributed by atoms with Gasteiger partial charge in [-0.1, -0.05) is 47.7 Å². The number of carbonyl (C=O) groups is 2. The minimum atomic E-state index is -0.0840. The molecule has 1 fully saturated rings. The van der Waals surface area contributed by atoms with Crippen LogP contribution in [-0.4, -0.2) is 39.1 Å². The van der Waals surface area contributed by atoms with E-state index in [1.807, 2.05) is 58.7 Å². The Kier molecular flexibility index (Phi) is 4.02. The number of aryl methyl sites for hydroxylation is 1. The van der Waals surface area contributed by atoms with E-state index >= 15 is 0 Å². The Labute approximate surface area is 166 Å². The van der Waals surface area contributed by atoms with Crippen molar-refractivity contribution in [1.82, 2.24) is 14.3 Å². The average Bonchev–Trinajstić information content (AvgIpc) is 3.45. The van der Waals surface area contributed by atoms with Crippen molar-refractivity contribution in [2.24, 2.45) is 0 Å². The van der Waals surface area contributed by atoms with Gasteiger partial charge in [-0.15, -0.1) is 0 Å². The van der Waals surface area contributed by atoms with Crippen LogP contribution >= 0.6 is 11.3 Å². The molecule has 1 saturated heterocycles. The molecule has 0 saturated carbocycles. The molecule has 0 unspecified atom stereocenters. The molecule has 3 heterocycles. The molecular weight excluding hydrogens is 370 g/mol. The van der Waals surface area contributed by atoms with E-state index in [1.165, 1.54) is 11.3 Å². The first-order chi connectivity index (χ1) is 13.6. The van der Waals surface area contributed by atoms with Crippen LogP contribution in [0.15, 0.2) is 48.7 Å². The first-order valence-electron chi connectivity index (χ1n) is 9.43. The Morgan fingerprint density at radius 2 is 1.79 bits per heavy atom. The number of ketones is 1. The summed E-state index contributed by atoms with van der Waals surface area (Å²) in [6.45, 7) is 3.51. The molecule has 5 rings (SSSR count). The fraction of sp³-hybridized carbons (Fsp3) is 0.227. The average molecular weight is 389 g/mol. The van der Waals surface area contributed by atoms with Crippen LogP contribution in [0.4, 0.5) is 0 Å². The van der Waals surface area contributed by atoms with Gasteiger partial charge in [0.25, 0.3) is 5.91 Å². The van der Waals surface area contributed by atoms with E-state index in [1.54, 1.807) is 6.20 Å². The van der Waals surface area contributed by atoms with Crippen LogP contribution in [0, 0.1) is 6.92 Å². The number of likely N-dealkylation sites (tertiary alicyclic amines) is 1. The third kappa shape index (κ3) is 2.64. The molecule has 28 heavy (non-hydrogen) atoms. The van der Waals surface area contributed by atoms with Crippen LogP contribution in [0.5, 0.6) is 0 Å². The number of imidazole rings is 1. The number of nitrogens with zero attached hydrogens (tertiary/aromatic N) is 3. The Bertz CT molecular complexity index is 1230. The lowest BCUT2D eigenvalue weighted by atomic mass is 10.0. The maximum Gasteiger partial charge on any atom is 0.265 e. The number of fused-ring (bicyclic) bond motifs is 2. The lowest BCUT2D eigenvalue weighted by Gasteiger charge is -2.14. The molecule has 0 radical (unpaired) electrons. The number of rotatable bonds is 3. The van der Waals surface area contributed by atoms with Gasteiger partial charge in [0.05, 0.1) is 6.20 Å². The molecule has 6 heteroatoms. The zero-order valence-electron chi connectivity index (χ0n) is 15.5. The molecule has 2 aromatic carbocycles. The molecule has 140 valence electrons. The third-order valence-corrected chi connectivity index (χ3v) is 6.56. The van der Waals surface area contributed by atoms with Gasteiger partial charge in [0.15, 0.2) is 4.96 Å². The van der Waals surface area contributed by atoms with E-state index in [-0.39, 0.29) is 11.7 Å². The third-order valence-electron chi connectivity index (χ3n) is 5.42. The van der Waals surface area contributed by atoms with E-state index in [4.69, 9.17) is 0 Å². The van der Waals surface area contributed by atoms with Gasteiger partial charge in [0.2, 0.25) is 5.78 Å². The van der Waals surface area contributed by atoms with Gasteiger partial charge >= 0.3 is 0 Å². The van der Waals surface area contributed by atoms with Crippen LogP contribution < -0.4 is 0 Å². The normalized spacial score (nSPS) is 14.2. The van der Waals surface area contributed by atoms with Gasteiger partial charge in [-0.05, 0) is 36.6 Å². The summed E-state index contributed by atoms with van der Waals surface area (Å²) in [6, 6.07) is 13.7. The summed E-state index contributed by atoms with van der Waals surface area (Å²) in [4.78, 5) is 33.7. The SMILES string of the molecule is Cc1c(C(=O)N2CCCC2)sc2ncc(C(=O)c3ccc4ccccc4c3)n12. The number of benzene rings is 2. The monoisotopic (exact) mass is 389 g/mol. The molecule has 0 bridgehead atoms. The Hall–Kier alpha value is -2.99. The molecule has 1 amide bonds. The predicted molar refractivity (Wildman–Crippen MR) is 110 cm³/mol. The molecule has 0 spiro atoms. The summed E-state index contributed by atoms with van der Waals surface area (Å²) in [5.41, 5.74) is 1.91. The standard InChI is InChI=1S/C22H19N3O2S/c1-14-20(21(27)24-10-4-5-11-24)28-22-23-13-18(25(14)22)19(26)17-9-8-15-6-2-3-7-16(15)12-17/h2-3,6-9,12-13H,4-5,10-11H2,1H3. The molecule has 2 aromatic heterocycles. The van der Waals surface area contributed by atoms with Crippen molar-refractivity contribution in [3.05, 3.63) is 70.5 Å². The predicted octanol–water partition coefficient (Wildman–Crippen LogP) is 4.32. The first-order valence-corrected chi connectivity index (χ1v) is 10.2. The fourth-order valence-corrected chi connectivity index (χ4v) is 4.97. The minimum Gasteiger partial charge on any atom is -0.338 e. The summed E-state index contributed by atoms with van der Waals surface area (Å²) in [7, 11) is 0. The van der Waals surface area contributed by atoms with Crippen molar-refractivity contribution >= 4 is 38.8 Å². The highest BCUT2D eigenvalue weighted by Gasteiger charge is 2.26. The Morgan fingerprint density at radius 3 is 2.57 bits per heavy atom. The highest BCUT2D eigenvalue weighted by molar-refractivity contribution is 7.19. The van der Waals surface area contributed by atoms with Crippen molar-refractivity contribution in [2.75, 3.05) is 13.1 Å². The van der Waals surface area contributed by atoms with Gasteiger partial charge in [0, 0.05) is 24.3 Å². The summed E-state index contributed by atoms with van der Waals surface area (Å²) < 4.78 is 1.82. The molecule has 1 aliphatic rings. The zero-order valence-corrected chi connectivity index (χ0v) is 16.3. The second-order valence-corrected chi connectivity index (χ2v) is 8.15. The fourth-order valence-electron chi connectivity index (χ4n) is 3.90. The summed E-state index contributed by atoms with van der Waals surface area (Å²) in [6.07, 6.45) is 3.72. The van der Waals surface area contributed by atoms with Gasteiger partial charge < -0.3 is 4.90 Å². The smallest absolute Gasteiger partial charge is 0.265 e. The van der Waals surface area contributed by atoms with E-state index in [9.17, 15) is 9.59 Å². The number of thiazole rings is 1. The highest BCUT2D eigenvalue weighted by atomic mass is 32.1. The van der Waals surface area contributed by atoms with Crippen molar-refractivity contribution in [2.45, 2.75) is 19.8 Å². The number of amides is 1. The molecule has 5 nitrogen and oxygen atoms in total. The molecule has 0 atom stereocenters. The van der Waals surface area contributed by atoms with Gasteiger partial charge in [-0.3, -0.25) is 14.0 Å². The molecule has 4 aromatic rings. The van der Waals surface area contributed by atoms with Crippen LogP contribution in [0.2, 0.25) is 0 Å². The number of carbonyl (C=O) groups excluding carboxylic acids is 2. The highest BCUT2D eigenvalue weighted by Crippen LogP contribution is 2.28. The van der Waals surface area contributed by atoms with Gasteiger partial charge in [-0.25, -0.2) is 4.98 Å². The van der Waals surface area contributed by atoms with Crippen LogP contribution in [0.3, 0.4) is 0 Å². The largest absolute Gasteiger partial charge is 0.338 e. The van der Waals surface area contributed by atoms with E-state index in [2.05, 4.69) is 4.98 Å². The quantitative estimate of drug-likeness (QED) is 0.490. The molecule has 0 aliphatic carbocycles. The lowest BCUT2D eigenvalue weighted by Crippen LogP contribution is -2.27. The summed E-state index contributed by atoms with van der Waals surface area (Å²) >= 11 is 1.36. The first kappa shape index (κ1) is 17.1.